The monoisotopic (exact) mass is 495 g/mol. The van der Waals surface area contributed by atoms with E-state index in [1.807, 2.05) is 29.2 Å². The van der Waals surface area contributed by atoms with E-state index in [1.54, 1.807) is 42.5 Å². The molecule has 0 aliphatic heterocycles. The lowest BCUT2D eigenvalue weighted by Crippen LogP contribution is -2.25. The van der Waals surface area contributed by atoms with Gasteiger partial charge in [0.05, 0.1) is 11.9 Å². The number of carbonyl (C=O) groups is 2. The zero-order chi connectivity index (χ0) is 24.2. The van der Waals surface area contributed by atoms with Crippen molar-refractivity contribution in [3.8, 4) is 0 Å². The highest BCUT2D eigenvalue weighted by Gasteiger charge is 2.15. The predicted molar refractivity (Wildman–Crippen MR) is 133 cm³/mol. The standard InChI is InChI=1S/C25H22ClN3O4S/c1-16(30)33-14-13-29-24(32)21-11-12-28(23(21)27-25(29)34-2)15-17-3-5-18(6-4-17)22(31)19-7-9-20(26)10-8-19/h3-12H,13-15H2,1-2H3. The van der Waals surface area contributed by atoms with Gasteiger partial charge in [0.15, 0.2) is 10.9 Å². The molecular formula is C25H22ClN3O4S. The maximum atomic E-state index is 13.0. The van der Waals surface area contributed by atoms with Crippen LogP contribution < -0.4 is 5.56 Å². The van der Waals surface area contributed by atoms with E-state index in [4.69, 9.17) is 16.3 Å². The lowest BCUT2D eigenvalue weighted by Gasteiger charge is -2.12. The number of hydrogen-bond donors (Lipinski definition) is 0. The molecule has 4 aromatic rings. The molecule has 4 rings (SSSR count). The summed E-state index contributed by atoms with van der Waals surface area (Å²) in [6.07, 6.45) is 3.67. The minimum Gasteiger partial charge on any atom is -0.464 e. The normalized spacial score (nSPS) is 11.0. The van der Waals surface area contributed by atoms with Gasteiger partial charge in [-0.3, -0.25) is 19.0 Å². The Morgan fingerprint density at radius 1 is 1.03 bits per heavy atom. The maximum absolute atomic E-state index is 13.0. The second-order valence-corrected chi connectivity index (χ2v) is 8.82. The first kappa shape index (κ1) is 23.8. The number of nitrogens with zero attached hydrogens (tertiary/aromatic N) is 3. The van der Waals surface area contributed by atoms with Gasteiger partial charge in [0.2, 0.25) is 0 Å². The Bertz CT molecular complexity index is 1410. The molecule has 0 bridgehead atoms. The summed E-state index contributed by atoms with van der Waals surface area (Å²) < 4.78 is 8.42. The van der Waals surface area contributed by atoms with E-state index >= 15 is 0 Å². The van der Waals surface area contributed by atoms with Crippen molar-refractivity contribution >= 4 is 46.1 Å². The zero-order valence-electron chi connectivity index (χ0n) is 18.7. The summed E-state index contributed by atoms with van der Waals surface area (Å²) in [5.74, 6) is -0.463. The van der Waals surface area contributed by atoms with E-state index < -0.39 is 0 Å². The number of rotatable bonds is 8. The molecule has 0 saturated heterocycles. The Labute approximate surface area is 205 Å². The zero-order valence-corrected chi connectivity index (χ0v) is 20.2. The van der Waals surface area contributed by atoms with Crippen LogP contribution in [0, 0.1) is 0 Å². The summed E-state index contributed by atoms with van der Waals surface area (Å²) in [6, 6.07) is 15.9. The van der Waals surface area contributed by atoms with Gasteiger partial charge in [0, 0.05) is 35.8 Å². The van der Waals surface area contributed by atoms with Crippen LogP contribution in [0.3, 0.4) is 0 Å². The van der Waals surface area contributed by atoms with Crippen molar-refractivity contribution in [2.45, 2.75) is 25.2 Å². The quantitative estimate of drug-likeness (QED) is 0.156. The van der Waals surface area contributed by atoms with Gasteiger partial charge in [-0.2, -0.15) is 0 Å². The summed E-state index contributed by atoms with van der Waals surface area (Å²) in [6.45, 7) is 2.18. The fourth-order valence-electron chi connectivity index (χ4n) is 3.63. The Morgan fingerprint density at radius 3 is 2.29 bits per heavy atom. The maximum Gasteiger partial charge on any atom is 0.302 e. The molecule has 2 aromatic carbocycles. The summed E-state index contributed by atoms with van der Waals surface area (Å²) >= 11 is 7.26. The second-order valence-electron chi connectivity index (χ2n) is 7.61. The molecule has 174 valence electrons. The molecule has 0 radical (unpaired) electrons. The van der Waals surface area contributed by atoms with Gasteiger partial charge in [-0.05, 0) is 42.2 Å². The summed E-state index contributed by atoms with van der Waals surface area (Å²) in [4.78, 5) is 41.5. The highest BCUT2D eigenvalue weighted by atomic mass is 35.5. The van der Waals surface area contributed by atoms with E-state index in [-0.39, 0.29) is 30.5 Å². The molecule has 9 heteroatoms. The van der Waals surface area contributed by atoms with Crippen LogP contribution in [0.1, 0.15) is 28.4 Å². The average molecular weight is 496 g/mol. The lowest BCUT2D eigenvalue weighted by molar-refractivity contribution is -0.141. The first-order valence-electron chi connectivity index (χ1n) is 10.5. The van der Waals surface area contributed by atoms with Crippen molar-refractivity contribution in [3.05, 3.63) is 92.9 Å². The number of aromatic nitrogens is 3. The number of thioether (sulfide) groups is 1. The predicted octanol–water partition coefficient (Wildman–Crippen LogP) is 4.42. The van der Waals surface area contributed by atoms with Crippen LogP contribution in [0.4, 0.5) is 0 Å². The molecule has 0 unspecified atom stereocenters. The van der Waals surface area contributed by atoms with Crippen molar-refractivity contribution in [1.82, 2.24) is 14.1 Å². The third-order valence-corrected chi connectivity index (χ3v) is 6.25. The van der Waals surface area contributed by atoms with E-state index in [0.717, 1.165) is 5.56 Å². The second kappa shape index (κ2) is 10.3. The van der Waals surface area contributed by atoms with Gasteiger partial charge < -0.3 is 9.30 Å². The van der Waals surface area contributed by atoms with E-state index in [9.17, 15) is 14.4 Å². The molecule has 2 aromatic heterocycles. The van der Waals surface area contributed by atoms with Gasteiger partial charge >= 0.3 is 5.97 Å². The minimum absolute atomic E-state index is 0.0739. The van der Waals surface area contributed by atoms with Crippen LogP contribution in [-0.2, 0) is 22.6 Å². The van der Waals surface area contributed by atoms with Crippen molar-refractivity contribution < 1.29 is 14.3 Å². The molecule has 0 aliphatic carbocycles. The molecule has 0 aliphatic rings. The third-order valence-electron chi connectivity index (χ3n) is 5.32. The number of benzene rings is 2. The van der Waals surface area contributed by atoms with Gasteiger partial charge in [0.25, 0.3) is 5.56 Å². The number of ether oxygens (including phenoxy) is 1. The molecule has 0 atom stereocenters. The van der Waals surface area contributed by atoms with Gasteiger partial charge in [0.1, 0.15) is 12.3 Å². The van der Waals surface area contributed by atoms with Crippen LogP contribution in [0.2, 0.25) is 5.02 Å². The van der Waals surface area contributed by atoms with Gasteiger partial charge in [-0.15, -0.1) is 0 Å². The van der Waals surface area contributed by atoms with Gasteiger partial charge in [-0.25, -0.2) is 4.98 Å². The largest absolute Gasteiger partial charge is 0.464 e. The first-order valence-corrected chi connectivity index (χ1v) is 12.1. The number of halogens is 1. The molecule has 0 fully saturated rings. The number of fused-ring (bicyclic) bond motifs is 1. The number of carbonyl (C=O) groups excluding carboxylic acids is 2. The fourth-order valence-corrected chi connectivity index (χ4v) is 4.32. The molecule has 0 spiro atoms. The summed E-state index contributed by atoms with van der Waals surface area (Å²) in [5, 5.41) is 1.63. The van der Waals surface area contributed by atoms with Crippen molar-refractivity contribution in [2.75, 3.05) is 12.9 Å². The van der Waals surface area contributed by atoms with Gasteiger partial charge in [-0.1, -0.05) is 47.6 Å². The van der Waals surface area contributed by atoms with E-state index in [2.05, 4.69) is 4.98 Å². The summed E-state index contributed by atoms with van der Waals surface area (Å²) in [7, 11) is 0. The first-order chi connectivity index (χ1) is 16.4. The molecule has 34 heavy (non-hydrogen) atoms. The Hall–Kier alpha value is -3.36. The Morgan fingerprint density at radius 2 is 1.68 bits per heavy atom. The fraction of sp³-hybridized carbons (Fsp3) is 0.200. The number of ketones is 1. The highest BCUT2D eigenvalue weighted by molar-refractivity contribution is 7.98. The summed E-state index contributed by atoms with van der Waals surface area (Å²) in [5.41, 5.74) is 2.54. The van der Waals surface area contributed by atoms with Crippen LogP contribution in [-0.4, -0.2) is 38.7 Å². The molecule has 0 saturated carbocycles. The topological polar surface area (TPSA) is 83.2 Å². The van der Waals surface area contributed by atoms with E-state index in [0.29, 0.717) is 38.9 Å². The van der Waals surface area contributed by atoms with Crippen molar-refractivity contribution in [2.24, 2.45) is 0 Å². The average Bonchev–Trinajstić information content (AvgIpc) is 3.23. The lowest BCUT2D eigenvalue weighted by atomic mass is 10.0. The molecule has 0 N–H and O–H groups in total. The van der Waals surface area contributed by atoms with Crippen molar-refractivity contribution in [1.29, 1.82) is 0 Å². The number of hydrogen-bond acceptors (Lipinski definition) is 6. The van der Waals surface area contributed by atoms with Crippen molar-refractivity contribution in [3.63, 3.8) is 0 Å². The smallest absolute Gasteiger partial charge is 0.302 e. The van der Waals surface area contributed by atoms with Crippen LogP contribution in [0.25, 0.3) is 11.0 Å². The Balaban J connectivity index is 1.57. The molecule has 2 heterocycles. The Kier molecular flexibility index (Phi) is 7.19. The molecule has 0 amide bonds. The highest BCUT2D eigenvalue weighted by Crippen LogP contribution is 2.19. The minimum atomic E-state index is -0.389. The third kappa shape index (κ3) is 5.08. The molecular weight excluding hydrogens is 474 g/mol. The van der Waals surface area contributed by atoms with Crippen LogP contribution >= 0.6 is 23.4 Å². The SMILES string of the molecule is CSc1nc2c(ccn2Cc2ccc(C(=O)c3ccc(Cl)cc3)cc2)c(=O)n1CCOC(C)=O. The number of esters is 1. The molecule has 7 nitrogen and oxygen atoms in total. The van der Waals surface area contributed by atoms with Crippen LogP contribution in [0.5, 0.6) is 0 Å². The van der Waals surface area contributed by atoms with E-state index in [1.165, 1.54) is 23.3 Å². The van der Waals surface area contributed by atoms with Crippen LogP contribution in [0.15, 0.2) is 70.7 Å².